The normalized spacial score (nSPS) is 20.3. The van der Waals surface area contributed by atoms with Gasteiger partial charge in [0.2, 0.25) is 5.91 Å². The maximum atomic E-state index is 11.1. The summed E-state index contributed by atoms with van der Waals surface area (Å²) in [6.45, 7) is 4.54. The summed E-state index contributed by atoms with van der Waals surface area (Å²) in [5.41, 5.74) is 2.44. The van der Waals surface area contributed by atoms with E-state index >= 15 is 0 Å². The highest BCUT2D eigenvalue weighted by molar-refractivity contribution is 5.87. The Morgan fingerprint density at radius 3 is 3.00 bits per heavy atom. The third kappa shape index (κ3) is 2.79. The molecule has 3 rings (SSSR count). The fraction of sp³-hybridized carbons (Fsp3) is 0.438. The SMILES string of the molecule is CC(=O)NCCC1(C)OCCc2c1[nH]c1ccc([N+](=O)[O-])cc21. The second kappa shape index (κ2) is 5.66. The number of nitrogens with one attached hydrogen (secondary N) is 2. The van der Waals surface area contributed by atoms with E-state index < -0.39 is 5.60 Å². The number of nitro groups is 1. The highest BCUT2D eigenvalue weighted by Crippen LogP contribution is 2.39. The van der Waals surface area contributed by atoms with Gasteiger partial charge in [0.1, 0.15) is 5.60 Å². The summed E-state index contributed by atoms with van der Waals surface area (Å²) >= 11 is 0. The fourth-order valence-electron chi connectivity index (χ4n) is 3.19. The number of carbonyl (C=O) groups is 1. The van der Waals surface area contributed by atoms with Crippen molar-refractivity contribution in [1.82, 2.24) is 10.3 Å². The molecule has 0 radical (unpaired) electrons. The lowest BCUT2D eigenvalue weighted by Crippen LogP contribution is -2.36. The minimum Gasteiger partial charge on any atom is -0.369 e. The molecular formula is C16H19N3O4. The van der Waals surface area contributed by atoms with Gasteiger partial charge in [-0.2, -0.15) is 0 Å². The van der Waals surface area contributed by atoms with Crippen molar-refractivity contribution in [3.8, 4) is 0 Å². The maximum absolute atomic E-state index is 11.1. The molecule has 1 aromatic heterocycles. The van der Waals surface area contributed by atoms with Gasteiger partial charge in [-0.15, -0.1) is 0 Å². The largest absolute Gasteiger partial charge is 0.369 e. The van der Waals surface area contributed by atoms with Gasteiger partial charge in [0.15, 0.2) is 0 Å². The molecule has 0 fully saturated rings. The Morgan fingerprint density at radius 2 is 2.30 bits per heavy atom. The Kier molecular flexibility index (Phi) is 3.81. The van der Waals surface area contributed by atoms with Gasteiger partial charge in [0.05, 0.1) is 17.2 Å². The van der Waals surface area contributed by atoms with E-state index in [9.17, 15) is 14.9 Å². The number of nitro benzene ring substituents is 1. The number of non-ortho nitro benzene ring substituents is 1. The average Bonchev–Trinajstić information content (AvgIpc) is 2.86. The Morgan fingerprint density at radius 1 is 1.52 bits per heavy atom. The number of H-pyrrole nitrogens is 1. The summed E-state index contributed by atoms with van der Waals surface area (Å²) in [4.78, 5) is 25.0. The number of rotatable bonds is 4. The molecule has 1 aliphatic heterocycles. The first-order valence-corrected chi connectivity index (χ1v) is 7.58. The highest BCUT2D eigenvalue weighted by atomic mass is 16.6. The van der Waals surface area contributed by atoms with Gasteiger partial charge in [0, 0.05) is 36.5 Å². The molecule has 1 aliphatic rings. The number of hydrogen-bond donors (Lipinski definition) is 2. The number of fused-ring (bicyclic) bond motifs is 3. The molecule has 0 aliphatic carbocycles. The van der Waals surface area contributed by atoms with Gasteiger partial charge in [-0.3, -0.25) is 14.9 Å². The number of nitrogens with zero attached hydrogens (tertiary/aromatic N) is 1. The van der Waals surface area contributed by atoms with Crippen LogP contribution in [-0.4, -0.2) is 29.0 Å². The lowest BCUT2D eigenvalue weighted by molar-refractivity contribution is -0.384. The van der Waals surface area contributed by atoms with E-state index in [2.05, 4.69) is 10.3 Å². The molecule has 122 valence electrons. The van der Waals surface area contributed by atoms with Crippen molar-refractivity contribution in [2.75, 3.05) is 13.2 Å². The zero-order chi connectivity index (χ0) is 16.6. The Hall–Kier alpha value is -2.41. The molecule has 2 N–H and O–H groups in total. The second-order valence-corrected chi connectivity index (χ2v) is 6.03. The van der Waals surface area contributed by atoms with Gasteiger partial charge in [-0.1, -0.05) is 0 Å². The Balaban J connectivity index is 1.99. The molecule has 0 bridgehead atoms. The number of carbonyl (C=O) groups excluding carboxylic acids is 1. The van der Waals surface area contributed by atoms with E-state index in [1.165, 1.54) is 13.0 Å². The van der Waals surface area contributed by atoms with Crippen LogP contribution < -0.4 is 5.32 Å². The molecule has 1 atom stereocenters. The highest BCUT2D eigenvalue weighted by Gasteiger charge is 2.36. The number of benzene rings is 1. The predicted molar refractivity (Wildman–Crippen MR) is 85.3 cm³/mol. The summed E-state index contributed by atoms with van der Waals surface area (Å²) in [5.74, 6) is -0.0723. The monoisotopic (exact) mass is 317 g/mol. The third-order valence-corrected chi connectivity index (χ3v) is 4.38. The first-order valence-electron chi connectivity index (χ1n) is 7.58. The zero-order valence-electron chi connectivity index (χ0n) is 13.1. The summed E-state index contributed by atoms with van der Waals surface area (Å²) in [6.07, 6.45) is 1.35. The zero-order valence-corrected chi connectivity index (χ0v) is 13.1. The smallest absolute Gasteiger partial charge is 0.270 e. The quantitative estimate of drug-likeness (QED) is 0.668. The molecule has 0 saturated heterocycles. The first kappa shape index (κ1) is 15.5. The van der Waals surface area contributed by atoms with Crippen LogP contribution in [0.5, 0.6) is 0 Å². The summed E-state index contributed by atoms with van der Waals surface area (Å²) in [6, 6.07) is 4.85. The number of ether oxygens (including phenoxy) is 1. The van der Waals surface area contributed by atoms with Crippen LogP contribution in [0.1, 0.15) is 31.5 Å². The second-order valence-electron chi connectivity index (χ2n) is 6.03. The topological polar surface area (TPSA) is 97.3 Å². The van der Waals surface area contributed by atoms with Gasteiger partial charge in [-0.05, 0) is 31.4 Å². The van der Waals surface area contributed by atoms with Crippen molar-refractivity contribution >= 4 is 22.5 Å². The molecule has 7 nitrogen and oxygen atoms in total. The number of hydrogen-bond acceptors (Lipinski definition) is 4. The summed E-state index contributed by atoms with van der Waals surface area (Å²) in [5, 5.41) is 14.7. The van der Waals surface area contributed by atoms with E-state index in [4.69, 9.17) is 4.74 Å². The molecule has 2 aromatic rings. The van der Waals surface area contributed by atoms with Gasteiger partial charge in [0.25, 0.3) is 5.69 Å². The van der Waals surface area contributed by atoms with Crippen LogP contribution in [0, 0.1) is 10.1 Å². The Labute approximate surface area is 133 Å². The van der Waals surface area contributed by atoms with E-state index in [1.54, 1.807) is 12.1 Å². The molecule has 2 heterocycles. The van der Waals surface area contributed by atoms with E-state index in [1.807, 2.05) is 6.92 Å². The fourth-order valence-corrected chi connectivity index (χ4v) is 3.19. The standard InChI is InChI=1S/C16H19N3O4/c1-10(20)17-7-6-16(2)15-12(5-8-23-16)13-9-11(19(21)22)3-4-14(13)18-15/h3-4,9,18H,5-8H2,1-2H3,(H,17,20). The van der Waals surface area contributed by atoms with Gasteiger partial charge in [-0.25, -0.2) is 0 Å². The summed E-state index contributed by atoms with van der Waals surface area (Å²) < 4.78 is 5.96. The minimum absolute atomic E-state index is 0.0723. The molecule has 1 aromatic carbocycles. The lowest BCUT2D eigenvalue weighted by atomic mass is 9.90. The molecular weight excluding hydrogens is 298 g/mol. The number of aromatic amines is 1. The average molecular weight is 317 g/mol. The molecule has 1 unspecified atom stereocenters. The number of aromatic nitrogens is 1. The van der Waals surface area contributed by atoms with Crippen molar-refractivity contribution in [3.05, 3.63) is 39.6 Å². The van der Waals surface area contributed by atoms with Crippen LogP contribution in [0.25, 0.3) is 10.9 Å². The van der Waals surface area contributed by atoms with Crippen LogP contribution in [0.15, 0.2) is 18.2 Å². The molecule has 23 heavy (non-hydrogen) atoms. The third-order valence-electron chi connectivity index (χ3n) is 4.38. The molecule has 1 amide bonds. The van der Waals surface area contributed by atoms with Crippen molar-refractivity contribution < 1.29 is 14.5 Å². The Bertz CT molecular complexity index is 783. The van der Waals surface area contributed by atoms with Crippen LogP contribution in [-0.2, 0) is 21.6 Å². The van der Waals surface area contributed by atoms with Gasteiger partial charge >= 0.3 is 0 Å². The van der Waals surface area contributed by atoms with E-state index in [-0.39, 0.29) is 16.5 Å². The van der Waals surface area contributed by atoms with Crippen LogP contribution in [0.3, 0.4) is 0 Å². The molecule has 0 saturated carbocycles. The number of amides is 1. The first-order chi connectivity index (χ1) is 10.9. The van der Waals surface area contributed by atoms with Crippen molar-refractivity contribution in [3.63, 3.8) is 0 Å². The molecule has 0 spiro atoms. The van der Waals surface area contributed by atoms with Crippen molar-refractivity contribution in [1.29, 1.82) is 0 Å². The minimum atomic E-state index is -0.538. The van der Waals surface area contributed by atoms with Crippen molar-refractivity contribution in [2.45, 2.75) is 32.3 Å². The molecule has 7 heteroatoms. The lowest BCUT2D eigenvalue weighted by Gasteiger charge is -2.34. The van der Waals surface area contributed by atoms with E-state index in [0.717, 1.165) is 22.2 Å². The predicted octanol–water partition coefficient (Wildman–Crippen LogP) is 2.39. The van der Waals surface area contributed by atoms with Crippen LogP contribution in [0.2, 0.25) is 0 Å². The van der Waals surface area contributed by atoms with Crippen LogP contribution in [0.4, 0.5) is 5.69 Å². The van der Waals surface area contributed by atoms with Gasteiger partial charge < -0.3 is 15.0 Å². The van der Waals surface area contributed by atoms with Crippen molar-refractivity contribution in [2.24, 2.45) is 0 Å². The van der Waals surface area contributed by atoms with Crippen LogP contribution >= 0.6 is 0 Å². The summed E-state index contributed by atoms with van der Waals surface area (Å²) in [7, 11) is 0. The van der Waals surface area contributed by atoms with E-state index in [0.29, 0.717) is 26.0 Å². The maximum Gasteiger partial charge on any atom is 0.270 e.